The molecule has 2 saturated heterocycles. The minimum absolute atomic E-state index is 0.0122. The highest BCUT2D eigenvalue weighted by atomic mass is 16.4. The van der Waals surface area contributed by atoms with E-state index >= 15 is 0 Å². The number of carbonyl (C=O) groups is 3. The number of rotatable bonds is 6. The van der Waals surface area contributed by atoms with Gasteiger partial charge in [0.2, 0.25) is 5.91 Å². The van der Waals surface area contributed by atoms with Crippen molar-refractivity contribution in [3.63, 3.8) is 0 Å². The molecular formula is C34H36N2O4. The molecule has 3 aromatic rings. The molecular weight excluding hydrogens is 500 g/mol. The number of amides is 1. The number of aliphatic carboxylic acids is 1. The van der Waals surface area contributed by atoms with E-state index in [1.165, 1.54) is 0 Å². The zero-order valence-electron chi connectivity index (χ0n) is 22.7. The Balaban J connectivity index is 1.21. The Labute approximate surface area is 235 Å². The van der Waals surface area contributed by atoms with Gasteiger partial charge < -0.3 is 10.0 Å². The molecule has 1 amide bonds. The maximum absolute atomic E-state index is 14.1. The maximum atomic E-state index is 14.1. The molecule has 3 atom stereocenters. The van der Waals surface area contributed by atoms with Gasteiger partial charge in [0.15, 0.2) is 0 Å². The van der Waals surface area contributed by atoms with Crippen LogP contribution < -0.4 is 0 Å². The SMILES string of the molecule is O=C1CCC2(CCN([C@H]3C[C@@H](C(=O)O)N(C(=O)C(c4ccccc4)c4ccccc4)C3)CC2)C1c1ccccc1. The summed E-state index contributed by atoms with van der Waals surface area (Å²) in [5.41, 5.74) is 2.82. The molecule has 1 N–H and O–H groups in total. The number of carbonyl (C=O) groups excluding carboxylic acids is 2. The monoisotopic (exact) mass is 536 g/mol. The highest BCUT2D eigenvalue weighted by molar-refractivity contribution is 5.91. The largest absolute Gasteiger partial charge is 0.480 e. The smallest absolute Gasteiger partial charge is 0.326 e. The number of ketones is 1. The molecule has 40 heavy (non-hydrogen) atoms. The van der Waals surface area contributed by atoms with Gasteiger partial charge in [0.05, 0.1) is 5.92 Å². The number of carboxylic acids is 1. The van der Waals surface area contributed by atoms with Gasteiger partial charge in [-0.15, -0.1) is 0 Å². The fraction of sp³-hybridized carbons (Fsp3) is 0.382. The molecule has 6 heteroatoms. The molecule has 2 heterocycles. The van der Waals surface area contributed by atoms with Crippen molar-refractivity contribution in [1.82, 2.24) is 9.80 Å². The highest BCUT2D eigenvalue weighted by Gasteiger charge is 2.51. The van der Waals surface area contributed by atoms with Gasteiger partial charge in [0.25, 0.3) is 0 Å². The van der Waals surface area contributed by atoms with Crippen LogP contribution in [0, 0.1) is 5.41 Å². The summed E-state index contributed by atoms with van der Waals surface area (Å²) in [6.45, 7) is 2.03. The van der Waals surface area contributed by atoms with Crippen LogP contribution in [0.3, 0.4) is 0 Å². The van der Waals surface area contributed by atoms with Crippen molar-refractivity contribution in [2.75, 3.05) is 19.6 Å². The van der Waals surface area contributed by atoms with Gasteiger partial charge in [0, 0.05) is 24.9 Å². The molecule has 0 aromatic heterocycles. The number of Topliss-reactive ketones (excluding diaryl/α,β-unsaturated/α-hetero) is 1. The molecule has 1 saturated carbocycles. The van der Waals surface area contributed by atoms with Crippen molar-refractivity contribution in [1.29, 1.82) is 0 Å². The molecule has 1 unspecified atom stereocenters. The average molecular weight is 537 g/mol. The Kier molecular flexibility index (Phi) is 7.28. The molecule has 0 radical (unpaired) electrons. The maximum Gasteiger partial charge on any atom is 0.326 e. The standard InChI is InChI=1S/C34H36N2O4/c37-29-16-17-34(31(29)26-14-8-3-9-15-26)18-20-35(21-19-34)27-22-28(33(39)40)36(23-27)32(38)30(24-10-4-1-5-11-24)25-12-6-2-7-13-25/h1-15,27-28,30-31H,16-23H2,(H,39,40)/t27-,28-,31?/m0/s1. The van der Waals surface area contributed by atoms with Crippen LogP contribution in [0.25, 0.3) is 0 Å². The van der Waals surface area contributed by atoms with E-state index in [1.807, 2.05) is 78.9 Å². The number of hydrogen-bond donors (Lipinski definition) is 1. The molecule has 6 rings (SSSR count). The van der Waals surface area contributed by atoms with Crippen LogP contribution >= 0.6 is 0 Å². The molecule has 6 nitrogen and oxygen atoms in total. The van der Waals surface area contributed by atoms with E-state index in [4.69, 9.17) is 0 Å². The van der Waals surface area contributed by atoms with Crippen LogP contribution in [-0.4, -0.2) is 64.3 Å². The summed E-state index contributed by atoms with van der Waals surface area (Å²) in [5, 5.41) is 10.2. The minimum Gasteiger partial charge on any atom is -0.480 e. The molecule has 1 spiro atoms. The van der Waals surface area contributed by atoms with E-state index in [1.54, 1.807) is 4.90 Å². The molecule has 3 aliphatic rings. The van der Waals surface area contributed by atoms with Crippen LogP contribution in [-0.2, 0) is 14.4 Å². The lowest BCUT2D eigenvalue weighted by atomic mass is 9.68. The second-order valence-electron chi connectivity index (χ2n) is 11.7. The topological polar surface area (TPSA) is 77.9 Å². The summed E-state index contributed by atoms with van der Waals surface area (Å²) in [4.78, 5) is 43.5. The number of carboxylic acid groups (broad SMARTS) is 1. The Morgan fingerprint density at radius 1 is 0.800 bits per heavy atom. The lowest BCUT2D eigenvalue weighted by Gasteiger charge is -2.44. The number of nitrogens with zero attached hydrogens (tertiary/aromatic N) is 2. The molecule has 206 valence electrons. The van der Waals surface area contributed by atoms with Gasteiger partial charge in [-0.05, 0) is 60.9 Å². The molecule has 3 fully saturated rings. The predicted octanol–water partition coefficient (Wildman–Crippen LogP) is 5.10. The fourth-order valence-corrected chi connectivity index (χ4v) is 7.55. The Morgan fingerprint density at radius 3 is 1.90 bits per heavy atom. The fourth-order valence-electron chi connectivity index (χ4n) is 7.55. The first-order chi connectivity index (χ1) is 19.5. The van der Waals surface area contributed by atoms with Gasteiger partial charge in [-0.1, -0.05) is 91.0 Å². The zero-order chi connectivity index (χ0) is 27.7. The van der Waals surface area contributed by atoms with Gasteiger partial charge in [-0.2, -0.15) is 0 Å². The van der Waals surface area contributed by atoms with E-state index < -0.39 is 17.9 Å². The van der Waals surface area contributed by atoms with Crippen molar-refractivity contribution in [3.8, 4) is 0 Å². The number of hydrogen-bond acceptors (Lipinski definition) is 4. The van der Waals surface area contributed by atoms with Crippen molar-refractivity contribution in [2.45, 2.75) is 56.0 Å². The van der Waals surface area contributed by atoms with Crippen LogP contribution in [0.2, 0.25) is 0 Å². The number of piperidine rings is 1. The van der Waals surface area contributed by atoms with Crippen molar-refractivity contribution in [3.05, 3.63) is 108 Å². The average Bonchev–Trinajstić information content (AvgIpc) is 3.57. The Morgan fingerprint density at radius 2 is 1.35 bits per heavy atom. The predicted molar refractivity (Wildman–Crippen MR) is 153 cm³/mol. The van der Waals surface area contributed by atoms with Crippen LogP contribution in [0.5, 0.6) is 0 Å². The zero-order valence-corrected chi connectivity index (χ0v) is 22.7. The minimum atomic E-state index is -0.949. The van der Waals surface area contributed by atoms with E-state index in [-0.39, 0.29) is 23.3 Å². The first-order valence-electron chi connectivity index (χ1n) is 14.4. The van der Waals surface area contributed by atoms with Crippen LogP contribution in [0.15, 0.2) is 91.0 Å². The first-order valence-corrected chi connectivity index (χ1v) is 14.4. The third-order valence-electron chi connectivity index (χ3n) is 9.61. The Bertz CT molecular complexity index is 1310. The number of likely N-dealkylation sites (tertiary alicyclic amines) is 2. The molecule has 0 bridgehead atoms. The normalized spacial score (nSPS) is 24.6. The third kappa shape index (κ3) is 4.86. The van der Waals surface area contributed by atoms with Crippen molar-refractivity contribution in [2.24, 2.45) is 5.41 Å². The van der Waals surface area contributed by atoms with Gasteiger partial charge in [-0.25, -0.2) is 4.79 Å². The summed E-state index contributed by atoms with van der Waals surface area (Å²) in [7, 11) is 0. The third-order valence-corrected chi connectivity index (χ3v) is 9.61. The van der Waals surface area contributed by atoms with Crippen LogP contribution in [0.1, 0.15) is 60.6 Å². The summed E-state index contributed by atoms with van der Waals surface area (Å²) >= 11 is 0. The second kappa shape index (κ2) is 11.0. The van der Waals surface area contributed by atoms with Gasteiger partial charge >= 0.3 is 5.97 Å². The lowest BCUT2D eigenvalue weighted by Crippen LogP contribution is -2.48. The van der Waals surface area contributed by atoms with Gasteiger partial charge in [0.1, 0.15) is 11.8 Å². The first kappa shape index (κ1) is 26.5. The van der Waals surface area contributed by atoms with Gasteiger partial charge in [-0.3, -0.25) is 14.5 Å². The van der Waals surface area contributed by atoms with Crippen molar-refractivity contribution >= 4 is 17.7 Å². The number of benzene rings is 3. The second-order valence-corrected chi connectivity index (χ2v) is 11.7. The summed E-state index contributed by atoms with van der Waals surface area (Å²) in [6, 6.07) is 28.6. The highest BCUT2D eigenvalue weighted by Crippen LogP contribution is 2.54. The Hall–Kier alpha value is -3.77. The molecule has 1 aliphatic carbocycles. The quantitative estimate of drug-likeness (QED) is 0.474. The summed E-state index contributed by atoms with van der Waals surface area (Å²) in [6.07, 6.45) is 3.80. The van der Waals surface area contributed by atoms with Crippen molar-refractivity contribution < 1.29 is 19.5 Å². The summed E-state index contributed by atoms with van der Waals surface area (Å²) < 4.78 is 0. The van der Waals surface area contributed by atoms with E-state index in [9.17, 15) is 19.5 Å². The van der Waals surface area contributed by atoms with E-state index in [2.05, 4.69) is 17.0 Å². The van der Waals surface area contributed by atoms with E-state index in [0.717, 1.165) is 49.0 Å². The molecule has 2 aliphatic heterocycles. The summed E-state index contributed by atoms with van der Waals surface area (Å²) in [5.74, 6) is -1.37. The molecule has 3 aromatic carbocycles. The van der Waals surface area contributed by atoms with Crippen LogP contribution in [0.4, 0.5) is 0 Å². The lowest BCUT2D eigenvalue weighted by molar-refractivity contribution is -0.148. The van der Waals surface area contributed by atoms with E-state index in [0.29, 0.717) is 25.2 Å².